The molecule has 0 aliphatic carbocycles. The minimum absolute atomic E-state index is 0.0302. The Morgan fingerprint density at radius 2 is 0.923 bits per heavy atom. The van der Waals surface area contributed by atoms with E-state index < -0.39 is 48.4 Å². The number of alkyl halides is 9. The van der Waals surface area contributed by atoms with Crippen LogP contribution in [0.2, 0.25) is 0 Å². The second-order valence-electron chi connectivity index (χ2n) is 13.0. The average molecular weight is 962 g/mol. The highest BCUT2D eigenvalue weighted by atomic mass is 19.4. The van der Waals surface area contributed by atoms with Crippen LogP contribution in [0.4, 0.5) is 39.5 Å². The molecule has 0 fully saturated rings. The lowest BCUT2D eigenvalue weighted by Crippen LogP contribution is -2.45. The van der Waals surface area contributed by atoms with Gasteiger partial charge in [0.05, 0.1) is 0 Å². The van der Waals surface area contributed by atoms with Gasteiger partial charge in [0.25, 0.3) is 0 Å². The van der Waals surface area contributed by atoms with Gasteiger partial charge in [0.1, 0.15) is 12.6 Å². The number of nitrogens with zero attached hydrogens (tertiary/aromatic N) is 1. The molecule has 28 heteroatoms. The van der Waals surface area contributed by atoms with Crippen LogP contribution in [0, 0.1) is 0 Å². The summed E-state index contributed by atoms with van der Waals surface area (Å²) in [6, 6.07) is 8.15. The maximum absolute atomic E-state index is 13.3. The monoisotopic (exact) mass is 961 g/mol. The first-order valence-electron chi connectivity index (χ1n) is 19.4. The molecule has 0 spiro atoms. The quantitative estimate of drug-likeness (QED) is 0.0386. The van der Waals surface area contributed by atoms with Crippen LogP contribution in [-0.2, 0) is 49.7 Å². The van der Waals surface area contributed by atoms with E-state index >= 15 is 0 Å². The third kappa shape index (κ3) is 38.4. The average Bonchev–Trinajstić information content (AvgIpc) is 3.21. The summed E-state index contributed by atoms with van der Waals surface area (Å²) < 4.78 is 101. The molecule has 1 rings (SSSR count). The van der Waals surface area contributed by atoms with Gasteiger partial charge >= 0.3 is 42.4 Å². The molecule has 0 aromatic heterocycles. The zero-order valence-corrected chi connectivity index (χ0v) is 35.0. The number of amides is 4. The maximum Gasteiger partial charge on any atom is 0.490 e. The van der Waals surface area contributed by atoms with E-state index in [0.717, 1.165) is 18.4 Å². The minimum atomic E-state index is -5.08. The Kier molecular flexibility index (Phi) is 34.8. The molecule has 12 N–H and O–H groups in total. The lowest BCUT2D eigenvalue weighted by Gasteiger charge is -2.24. The van der Waals surface area contributed by atoms with Crippen molar-refractivity contribution in [3.05, 3.63) is 35.9 Å². The highest BCUT2D eigenvalue weighted by Crippen LogP contribution is 2.15. The van der Waals surface area contributed by atoms with Crippen molar-refractivity contribution in [2.75, 3.05) is 45.8 Å². The number of carboxylic acids is 3. The molecule has 0 radical (unpaired) electrons. The number of rotatable bonds is 25. The molecule has 0 saturated carbocycles. The van der Waals surface area contributed by atoms with Crippen LogP contribution in [-0.4, -0.2) is 138 Å². The molecular formula is C37H56F9N7O12. The number of ether oxygens (including phenoxy) is 1. The number of unbranched alkanes of at least 4 members (excludes halogenated alkanes) is 3. The first-order chi connectivity index (χ1) is 30.1. The van der Waals surface area contributed by atoms with Crippen LogP contribution in [0.15, 0.2) is 30.3 Å². The van der Waals surface area contributed by atoms with E-state index in [1.54, 1.807) is 0 Å². The van der Waals surface area contributed by atoms with Gasteiger partial charge < -0.3 is 58.1 Å². The summed E-state index contributed by atoms with van der Waals surface area (Å²) in [5, 5.41) is 29.7. The van der Waals surface area contributed by atoms with Crippen molar-refractivity contribution in [3.63, 3.8) is 0 Å². The third-order valence-corrected chi connectivity index (χ3v) is 7.55. The fraction of sp³-hybridized carbons (Fsp3) is 0.622. The standard InChI is InChI=1S/C31H53N7O6.3C2HF3O2/c32-17-7-4-12-27(39)35-20-22-38(23-21-36-28(40)13-5-8-18-33)30(42)16-15-26(37-29(41)14-6-9-19-34)31(43)44-24-25-10-2-1-3-11-25;3*3-2(4,5)1(6)7/h1-3,10-11,26H,4-9,12-24,32-34H2,(H,35,39)(H,36,40)(H,37,41);3*(H,6,7)/t26-;;;/m0.../s1. The fourth-order valence-corrected chi connectivity index (χ4v) is 4.26. The van der Waals surface area contributed by atoms with E-state index in [4.69, 9.17) is 51.6 Å². The number of halogens is 9. The zero-order valence-electron chi connectivity index (χ0n) is 35.0. The lowest BCUT2D eigenvalue weighted by molar-refractivity contribution is -0.193. The van der Waals surface area contributed by atoms with Crippen molar-refractivity contribution in [1.29, 1.82) is 0 Å². The van der Waals surface area contributed by atoms with Crippen molar-refractivity contribution < 1.29 is 97.9 Å². The molecule has 4 amide bonds. The molecule has 65 heavy (non-hydrogen) atoms. The Labute approximate surface area is 366 Å². The first-order valence-corrected chi connectivity index (χ1v) is 19.4. The van der Waals surface area contributed by atoms with Gasteiger partial charge in [-0.15, -0.1) is 0 Å². The molecule has 1 aromatic carbocycles. The van der Waals surface area contributed by atoms with E-state index in [-0.39, 0.29) is 75.7 Å². The predicted molar refractivity (Wildman–Crippen MR) is 210 cm³/mol. The summed E-state index contributed by atoms with van der Waals surface area (Å²) in [6.07, 6.45) is -10.2. The predicted octanol–water partition coefficient (Wildman–Crippen LogP) is 2.34. The number of hydrogen-bond donors (Lipinski definition) is 9. The van der Waals surface area contributed by atoms with Gasteiger partial charge in [0, 0.05) is 51.9 Å². The van der Waals surface area contributed by atoms with Crippen LogP contribution in [0.1, 0.15) is 76.2 Å². The highest BCUT2D eigenvalue weighted by molar-refractivity contribution is 5.85. The summed E-state index contributed by atoms with van der Waals surface area (Å²) in [5.74, 6) is -9.75. The van der Waals surface area contributed by atoms with Crippen molar-refractivity contribution in [3.8, 4) is 0 Å². The molecule has 0 aliphatic heterocycles. The number of carbonyl (C=O) groups excluding carboxylic acids is 5. The summed E-state index contributed by atoms with van der Waals surface area (Å²) in [5.41, 5.74) is 17.3. The number of nitrogens with two attached hydrogens (primary N) is 3. The summed E-state index contributed by atoms with van der Waals surface area (Å²) in [6.45, 7) is 2.44. The molecule has 0 saturated heterocycles. The maximum atomic E-state index is 13.3. The second-order valence-corrected chi connectivity index (χ2v) is 13.0. The molecule has 19 nitrogen and oxygen atoms in total. The van der Waals surface area contributed by atoms with Gasteiger partial charge in [-0.3, -0.25) is 19.2 Å². The van der Waals surface area contributed by atoms with Crippen molar-refractivity contribution >= 4 is 47.5 Å². The number of benzene rings is 1. The first kappa shape index (κ1) is 63.5. The number of carbonyl (C=O) groups is 8. The Balaban J connectivity index is -0.00000149. The molecule has 1 aromatic rings. The smallest absolute Gasteiger partial charge is 0.475 e. The van der Waals surface area contributed by atoms with Crippen LogP contribution in [0.25, 0.3) is 0 Å². The Hall–Kier alpha value is -5.77. The number of esters is 1. The minimum Gasteiger partial charge on any atom is -0.475 e. The van der Waals surface area contributed by atoms with Gasteiger partial charge in [-0.25, -0.2) is 19.2 Å². The number of hydrogen-bond acceptors (Lipinski definition) is 12. The topological polar surface area (TPSA) is 324 Å². The molecule has 0 aliphatic rings. The van der Waals surface area contributed by atoms with Crippen molar-refractivity contribution in [1.82, 2.24) is 20.9 Å². The van der Waals surface area contributed by atoms with Gasteiger partial charge in [-0.2, -0.15) is 39.5 Å². The Bertz CT molecular complexity index is 1490. The summed E-state index contributed by atoms with van der Waals surface area (Å²) in [4.78, 5) is 91.3. The van der Waals surface area contributed by atoms with E-state index in [9.17, 15) is 63.5 Å². The normalized spacial score (nSPS) is 11.3. The number of aliphatic carboxylic acids is 3. The SMILES string of the molecule is NCCCCC(=O)NCCN(CCNC(=O)CCCCN)C(=O)CC[C@H](NC(=O)CCCCN)C(=O)OCc1ccccc1.O=C(O)C(F)(F)F.O=C(O)C(F)(F)F.O=C(O)C(F)(F)F. The van der Waals surface area contributed by atoms with Crippen LogP contribution >= 0.6 is 0 Å². The lowest BCUT2D eigenvalue weighted by atomic mass is 10.1. The van der Waals surface area contributed by atoms with Crippen molar-refractivity contribution in [2.24, 2.45) is 17.2 Å². The van der Waals surface area contributed by atoms with Crippen LogP contribution in [0.3, 0.4) is 0 Å². The van der Waals surface area contributed by atoms with Crippen molar-refractivity contribution in [2.45, 2.75) is 102 Å². The van der Waals surface area contributed by atoms with Gasteiger partial charge in [-0.1, -0.05) is 30.3 Å². The van der Waals surface area contributed by atoms with Gasteiger partial charge in [0.15, 0.2) is 0 Å². The van der Waals surface area contributed by atoms with Gasteiger partial charge in [-0.05, 0) is 70.1 Å². The number of carboxylic acid groups (broad SMARTS) is 3. The van der Waals surface area contributed by atoms with Gasteiger partial charge in [0.2, 0.25) is 23.6 Å². The molecule has 1 atom stereocenters. The number of nitrogens with one attached hydrogen (secondary N) is 3. The summed E-state index contributed by atoms with van der Waals surface area (Å²) in [7, 11) is 0. The van der Waals surface area contributed by atoms with E-state index in [1.807, 2.05) is 30.3 Å². The largest absolute Gasteiger partial charge is 0.490 e. The van der Waals surface area contributed by atoms with E-state index in [2.05, 4.69) is 16.0 Å². The molecule has 0 bridgehead atoms. The summed E-state index contributed by atoms with van der Waals surface area (Å²) >= 11 is 0. The second kappa shape index (κ2) is 35.6. The molecule has 374 valence electrons. The Morgan fingerprint density at radius 3 is 1.26 bits per heavy atom. The van der Waals surface area contributed by atoms with Crippen LogP contribution in [0.5, 0.6) is 0 Å². The molecular weight excluding hydrogens is 905 g/mol. The van der Waals surface area contributed by atoms with E-state index in [0.29, 0.717) is 58.2 Å². The fourth-order valence-electron chi connectivity index (χ4n) is 4.26. The Morgan fingerprint density at radius 1 is 0.569 bits per heavy atom. The molecule has 0 heterocycles. The highest BCUT2D eigenvalue weighted by Gasteiger charge is 2.39. The zero-order chi connectivity index (χ0) is 50.6. The van der Waals surface area contributed by atoms with E-state index in [1.165, 1.54) is 4.90 Å². The molecule has 0 unspecified atom stereocenters. The third-order valence-electron chi connectivity index (χ3n) is 7.55. The van der Waals surface area contributed by atoms with Crippen LogP contribution < -0.4 is 33.2 Å².